The number of carbonyl (C=O) groups excluding carboxylic acids is 1. The molecule has 0 aliphatic rings. The van der Waals surface area contributed by atoms with Gasteiger partial charge >= 0.3 is 6.16 Å². The minimum absolute atomic E-state index is 0.0409. The predicted octanol–water partition coefficient (Wildman–Crippen LogP) is 4.84. The van der Waals surface area contributed by atoms with Gasteiger partial charge in [-0.05, 0) is 50.3 Å². The lowest BCUT2D eigenvalue weighted by atomic mass is 10.0. The highest BCUT2D eigenvalue weighted by atomic mass is 19.1. The van der Waals surface area contributed by atoms with Crippen LogP contribution in [0.2, 0.25) is 0 Å². The third-order valence-electron chi connectivity index (χ3n) is 3.39. The molecule has 0 saturated heterocycles. The van der Waals surface area contributed by atoms with Crippen molar-refractivity contribution in [2.45, 2.75) is 39.7 Å². The van der Waals surface area contributed by atoms with E-state index >= 15 is 0 Å². The van der Waals surface area contributed by atoms with Crippen LogP contribution in [0.3, 0.4) is 0 Å². The standard InChI is InChI=1S/C19H23FO5/c1-6-14-15(20)8-7-12-9-13(23-11-22-5)10-16(17(12)14)24-18(21)25-19(2,3)4/h7-10H,6,11H2,1-5H3. The van der Waals surface area contributed by atoms with Crippen molar-refractivity contribution in [1.29, 1.82) is 0 Å². The van der Waals surface area contributed by atoms with E-state index in [2.05, 4.69) is 0 Å². The van der Waals surface area contributed by atoms with Crippen LogP contribution in [0.15, 0.2) is 24.3 Å². The quantitative estimate of drug-likeness (QED) is 0.439. The van der Waals surface area contributed by atoms with Crippen molar-refractivity contribution in [1.82, 2.24) is 0 Å². The van der Waals surface area contributed by atoms with Crippen LogP contribution < -0.4 is 9.47 Å². The summed E-state index contributed by atoms with van der Waals surface area (Å²) in [6.45, 7) is 7.09. The molecular weight excluding hydrogens is 327 g/mol. The van der Waals surface area contributed by atoms with Crippen molar-refractivity contribution < 1.29 is 28.1 Å². The predicted molar refractivity (Wildman–Crippen MR) is 92.7 cm³/mol. The van der Waals surface area contributed by atoms with Gasteiger partial charge < -0.3 is 18.9 Å². The highest BCUT2D eigenvalue weighted by molar-refractivity contribution is 5.94. The Morgan fingerprint density at radius 1 is 1.20 bits per heavy atom. The summed E-state index contributed by atoms with van der Waals surface area (Å²) in [7, 11) is 1.50. The third-order valence-corrected chi connectivity index (χ3v) is 3.39. The number of benzene rings is 2. The van der Waals surface area contributed by atoms with Gasteiger partial charge in [0.25, 0.3) is 0 Å². The summed E-state index contributed by atoms with van der Waals surface area (Å²) in [5, 5.41) is 1.23. The Balaban J connectivity index is 2.52. The number of halogens is 1. The molecule has 0 saturated carbocycles. The average molecular weight is 350 g/mol. The van der Waals surface area contributed by atoms with Crippen molar-refractivity contribution in [2.75, 3.05) is 13.9 Å². The molecule has 136 valence electrons. The molecule has 0 atom stereocenters. The molecule has 0 aliphatic carbocycles. The molecule has 0 unspecified atom stereocenters. The molecule has 25 heavy (non-hydrogen) atoms. The Bertz CT molecular complexity index is 764. The zero-order chi connectivity index (χ0) is 18.6. The SMILES string of the molecule is CCc1c(F)ccc2cc(OCOC)cc(OC(=O)OC(C)(C)C)c12. The van der Waals surface area contributed by atoms with Gasteiger partial charge in [0.1, 0.15) is 22.9 Å². The van der Waals surface area contributed by atoms with Crippen LogP contribution in [0.5, 0.6) is 11.5 Å². The molecule has 0 radical (unpaired) electrons. The fraction of sp³-hybridized carbons (Fsp3) is 0.421. The van der Waals surface area contributed by atoms with Crippen molar-refractivity contribution in [3.05, 3.63) is 35.6 Å². The second-order valence-electron chi connectivity index (χ2n) is 6.52. The van der Waals surface area contributed by atoms with Gasteiger partial charge in [-0.3, -0.25) is 0 Å². The molecular formula is C19H23FO5. The van der Waals surface area contributed by atoms with Crippen LogP contribution in [0, 0.1) is 5.82 Å². The van der Waals surface area contributed by atoms with Crippen LogP contribution in [0.4, 0.5) is 9.18 Å². The summed E-state index contributed by atoms with van der Waals surface area (Å²) in [6.07, 6.45) is -0.407. The Morgan fingerprint density at radius 2 is 1.92 bits per heavy atom. The van der Waals surface area contributed by atoms with Crippen molar-refractivity contribution in [3.8, 4) is 11.5 Å². The molecule has 0 N–H and O–H groups in total. The Kier molecular flexibility index (Phi) is 5.85. The topological polar surface area (TPSA) is 54.0 Å². The molecule has 0 bridgehead atoms. The third kappa shape index (κ3) is 4.82. The molecule has 6 heteroatoms. The van der Waals surface area contributed by atoms with Crippen molar-refractivity contribution in [2.24, 2.45) is 0 Å². The maximum atomic E-state index is 14.2. The van der Waals surface area contributed by atoms with Crippen molar-refractivity contribution >= 4 is 16.9 Å². The number of hydrogen-bond donors (Lipinski definition) is 0. The van der Waals surface area contributed by atoms with Gasteiger partial charge in [-0.25, -0.2) is 9.18 Å². The number of hydrogen-bond acceptors (Lipinski definition) is 5. The normalized spacial score (nSPS) is 11.4. The molecule has 2 rings (SSSR count). The van der Waals surface area contributed by atoms with E-state index in [0.717, 1.165) is 0 Å². The monoisotopic (exact) mass is 350 g/mol. The fourth-order valence-corrected chi connectivity index (χ4v) is 2.45. The highest BCUT2D eigenvalue weighted by Crippen LogP contribution is 2.36. The van der Waals surface area contributed by atoms with E-state index in [1.54, 1.807) is 32.9 Å². The first kappa shape index (κ1) is 19.0. The summed E-state index contributed by atoms with van der Waals surface area (Å²) in [6, 6.07) is 6.28. The summed E-state index contributed by atoms with van der Waals surface area (Å²) in [4.78, 5) is 12.1. The maximum absolute atomic E-state index is 14.2. The zero-order valence-corrected chi connectivity index (χ0v) is 15.1. The summed E-state index contributed by atoms with van der Waals surface area (Å²) >= 11 is 0. The van der Waals surface area contributed by atoms with E-state index in [-0.39, 0.29) is 18.4 Å². The molecule has 0 aliphatic heterocycles. The fourth-order valence-electron chi connectivity index (χ4n) is 2.45. The molecule has 2 aromatic rings. The van der Waals surface area contributed by atoms with Crippen molar-refractivity contribution in [3.63, 3.8) is 0 Å². The van der Waals surface area contributed by atoms with E-state index in [9.17, 15) is 9.18 Å². The first-order valence-corrected chi connectivity index (χ1v) is 8.03. The van der Waals surface area contributed by atoms with Crippen LogP contribution >= 0.6 is 0 Å². The van der Waals surface area contributed by atoms with Gasteiger partial charge in [0.15, 0.2) is 6.79 Å². The van der Waals surface area contributed by atoms with Crippen LogP contribution in [0.1, 0.15) is 33.3 Å². The lowest BCUT2D eigenvalue weighted by Gasteiger charge is -2.20. The molecule has 0 amide bonds. The zero-order valence-electron chi connectivity index (χ0n) is 15.1. The van der Waals surface area contributed by atoms with E-state index in [1.807, 2.05) is 6.92 Å². The number of methoxy groups -OCH3 is 1. The molecule has 5 nitrogen and oxygen atoms in total. The first-order valence-electron chi connectivity index (χ1n) is 8.03. The molecule has 0 fully saturated rings. The van der Waals surface area contributed by atoms with Gasteiger partial charge in [0, 0.05) is 18.6 Å². The summed E-state index contributed by atoms with van der Waals surface area (Å²) in [5.74, 6) is 0.283. The number of carbonyl (C=O) groups is 1. The van der Waals surface area contributed by atoms with E-state index in [0.29, 0.717) is 28.5 Å². The lowest BCUT2D eigenvalue weighted by Crippen LogP contribution is -2.26. The van der Waals surface area contributed by atoms with E-state index in [1.165, 1.54) is 19.2 Å². The largest absolute Gasteiger partial charge is 0.514 e. The van der Waals surface area contributed by atoms with Crippen LogP contribution in [-0.2, 0) is 15.9 Å². The van der Waals surface area contributed by atoms with Crippen LogP contribution in [0.25, 0.3) is 10.8 Å². The van der Waals surface area contributed by atoms with Gasteiger partial charge in [0.05, 0.1) is 0 Å². The molecule has 0 heterocycles. The minimum Gasteiger partial charge on any atom is -0.467 e. The highest BCUT2D eigenvalue weighted by Gasteiger charge is 2.21. The number of rotatable bonds is 5. The molecule has 0 spiro atoms. The minimum atomic E-state index is -0.857. The molecule has 0 aromatic heterocycles. The smallest absolute Gasteiger partial charge is 0.467 e. The van der Waals surface area contributed by atoms with E-state index in [4.69, 9.17) is 18.9 Å². The average Bonchev–Trinajstić information content (AvgIpc) is 2.51. The van der Waals surface area contributed by atoms with Gasteiger partial charge in [-0.1, -0.05) is 13.0 Å². The number of fused-ring (bicyclic) bond motifs is 1. The van der Waals surface area contributed by atoms with Gasteiger partial charge in [0.2, 0.25) is 0 Å². The molecule has 2 aromatic carbocycles. The Hall–Kier alpha value is -2.34. The summed E-state index contributed by atoms with van der Waals surface area (Å²) < 4.78 is 35.1. The van der Waals surface area contributed by atoms with Gasteiger partial charge in [-0.15, -0.1) is 0 Å². The Morgan fingerprint density at radius 3 is 2.52 bits per heavy atom. The second-order valence-corrected chi connectivity index (χ2v) is 6.52. The number of aryl methyl sites for hydroxylation is 1. The second kappa shape index (κ2) is 7.70. The Labute approximate surface area is 146 Å². The maximum Gasteiger partial charge on any atom is 0.514 e. The summed E-state index contributed by atoms with van der Waals surface area (Å²) in [5.41, 5.74) is -0.232. The van der Waals surface area contributed by atoms with Gasteiger partial charge in [-0.2, -0.15) is 0 Å². The number of ether oxygens (including phenoxy) is 4. The first-order chi connectivity index (χ1) is 11.7. The van der Waals surface area contributed by atoms with E-state index < -0.39 is 11.8 Å². The lowest BCUT2D eigenvalue weighted by molar-refractivity contribution is 0.0207. The van der Waals surface area contributed by atoms with Crippen LogP contribution in [-0.4, -0.2) is 25.7 Å².